The van der Waals surface area contributed by atoms with E-state index in [1.807, 2.05) is 6.07 Å². The standard InChI is InChI=1S/C15H24N2O2/c1-2-16-10-12-5-7-17(8-6-12)11-13-3-4-14(18)15(19)9-13/h3-4,9,12,16,18-19H,2,5-8,10-11H2,1H3. The van der Waals surface area contributed by atoms with Crippen LogP contribution in [0.3, 0.4) is 0 Å². The first kappa shape index (κ1) is 14.2. The van der Waals surface area contributed by atoms with E-state index in [0.717, 1.165) is 44.2 Å². The second-order valence-electron chi connectivity index (χ2n) is 5.35. The molecule has 0 unspecified atom stereocenters. The SMILES string of the molecule is CCNCC1CCN(Cc2ccc(O)c(O)c2)CC1. The van der Waals surface area contributed by atoms with Gasteiger partial charge < -0.3 is 15.5 Å². The molecule has 0 amide bonds. The molecule has 3 N–H and O–H groups in total. The summed E-state index contributed by atoms with van der Waals surface area (Å²) in [6.45, 7) is 7.39. The third-order valence-corrected chi connectivity index (χ3v) is 3.84. The predicted molar refractivity (Wildman–Crippen MR) is 76.3 cm³/mol. The lowest BCUT2D eigenvalue weighted by Crippen LogP contribution is -2.36. The fraction of sp³-hybridized carbons (Fsp3) is 0.600. The largest absolute Gasteiger partial charge is 0.504 e. The molecule has 106 valence electrons. The number of phenols is 2. The molecule has 19 heavy (non-hydrogen) atoms. The van der Waals surface area contributed by atoms with E-state index in [-0.39, 0.29) is 11.5 Å². The minimum atomic E-state index is -0.0481. The van der Waals surface area contributed by atoms with Crippen LogP contribution in [-0.4, -0.2) is 41.3 Å². The number of rotatable bonds is 5. The Kier molecular flexibility index (Phi) is 5.05. The Labute approximate surface area is 115 Å². The summed E-state index contributed by atoms with van der Waals surface area (Å²) in [6, 6.07) is 5.09. The van der Waals surface area contributed by atoms with Gasteiger partial charge in [0.2, 0.25) is 0 Å². The lowest BCUT2D eigenvalue weighted by Gasteiger charge is -2.32. The van der Waals surface area contributed by atoms with Crippen LogP contribution >= 0.6 is 0 Å². The smallest absolute Gasteiger partial charge is 0.157 e. The first-order chi connectivity index (χ1) is 9.19. The van der Waals surface area contributed by atoms with Gasteiger partial charge >= 0.3 is 0 Å². The van der Waals surface area contributed by atoms with Crippen molar-refractivity contribution in [2.24, 2.45) is 5.92 Å². The molecule has 0 atom stereocenters. The summed E-state index contributed by atoms with van der Waals surface area (Å²) in [4.78, 5) is 2.41. The van der Waals surface area contributed by atoms with Gasteiger partial charge in [-0.3, -0.25) is 4.90 Å². The fourth-order valence-corrected chi connectivity index (χ4v) is 2.62. The fourth-order valence-electron chi connectivity index (χ4n) is 2.62. The molecule has 0 saturated carbocycles. The summed E-state index contributed by atoms with van der Waals surface area (Å²) in [7, 11) is 0. The summed E-state index contributed by atoms with van der Waals surface area (Å²) in [6.07, 6.45) is 2.47. The van der Waals surface area contributed by atoms with Crippen LogP contribution in [-0.2, 0) is 6.54 Å². The molecule has 0 bridgehead atoms. The van der Waals surface area contributed by atoms with Gasteiger partial charge in [0.1, 0.15) is 0 Å². The molecule has 2 rings (SSSR count). The van der Waals surface area contributed by atoms with E-state index in [9.17, 15) is 10.2 Å². The Morgan fingerprint density at radius 1 is 1.21 bits per heavy atom. The van der Waals surface area contributed by atoms with E-state index in [1.165, 1.54) is 12.8 Å². The van der Waals surface area contributed by atoms with E-state index in [0.29, 0.717) is 0 Å². The summed E-state index contributed by atoms with van der Waals surface area (Å²) >= 11 is 0. The van der Waals surface area contributed by atoms with Crippen LogP contribution in [0.25, 0.3) is 0 Å². The number of phenolic OH excluding ortho intramolecular Hbond substituents is 2. The van der Waals surface area contributed by atoms with Crippen LogP contribution in [0.5, 0.6) is 11.5 Å². The minimum Gasteiger partial charge on any atom is -0.504 e. The molecule has 4 heteroatoms. The summed E-state index contributed by atoms with van der Waals surface area (Å²) in [5, 5.41) is 22.2. The van der Waals surface area contributed by atoms with Crippen molar-refractivity contribution in [3.8, 4) is 11.5 Å². The zero-order valence-corrected chi connectivity index (χ0v) is 11.6. The minimum absolute atomic E-state index is 0.0282. The van der Waals surface area contributed by atoms with Crippen molar-refractivity contribution in [1.82, 2.24) is 10.2 Å². The van der Waals surface area contributed by atoms with Crippen molar-refractivity contribution >= 4 is 0 Å². The number of nitrogens with one attached hydrogen (secondary N) is 1. The van der Waals surface area contributed by atoms with Crippen LogP contribution in [0.15, 0.2) is 18.2 Å². The quantitative estimate of drug-likeness (QED) is 0.711. The maximum atomic E-state index is 9.49. The highest BCUT2D eigenvalue weighted by molar-refractivity contribution is 5.40. The molecule has 1 aliphatic rings. The number of benzene rings is 1. The molecule has 4 nitrogen and oxygen atoms in total. The Balaban J connectivity index is 1.80. The lowest BCUT2D eigenvalue weighted by molar-refractivity contribution is 0.175. The molecule has 0 spiro atoms. The number of hydrogen-bond donors (Lipinski definition) is 3. The van der Waals surface area contributed by atoms with Crippen LogP contribution in [0.4, 0.5) is 0 Å². The highest BCUT2D eigenvalue weighted by atomic mass is 16.3. The molecule has 1 heterocycles. The van der Waals surface area contributed by atoms with Gasteiger partial charge in [-0.2, -0.15) is 0 Å². The maximum absolute atomic E-state index is 9.49. The Morgan fingerprint density at radius 3 is 2.58 bits per heavy atom. The van der Waals surface area contributed by atoms with Crippen molar-refractivity contribution in [3.05, 3.63) is 23.8 Å². The van der Waals surface area contributed by atoms with Crippen LogP contribution in [0.1, 0.15) is 25.3 Å². The highest BCUT2D eigenvalue weighted by Crippen LogP contribution is 2.26. The number of aromatic hydroxyl groups is 2. The number of piperidine rings is 1. The zero-order valence-electron chi connectivity index (χ0n) is 11.6. The summed E-state index contributed by atoms with van der Waals surface area (Å²) in [5.74, 6) is 0.719. The number of hydrogen-bond acceptors (Lipinski definition) is 4. The second kappa shape index (κ2) is 6.78. The zero-order chi connectivity index (χ0) is 13.7. The van der Waals surface area contributed by atoms with Gasteiger partial charge in [0.05, 0.1) is 0 Å². The van der Waals surface area contributed by atoms with Crippen molar-refractivity contribution < 1.29 is 10.2 Å². The van der Waals surface area contributed by atoms with E-state index >= 15 is 0 Å². The topological polar surface area (TPSA) is 55.7 Å². The van der Waals surface area contributed by atoms with Gasteiger partial charge in [0.25, 0.3) is 0 Å². The average molecular weight is 264 g/mol. The van der Waals surface area contributed by atoms with Crippen molar-refractivity contribution in [1.29, 1.82) is 0 Å². The molecule has 1 aliphatic heterocycles. The molecular formula is C15H24N2O2. The van der Waals surface area contributed by atoms with Gasteiger partial charge in [0.15, 0.2) is 11.5 Å². The summed E-state index contributed by atoms with van der Waals surface area (Å²) in [5.41, 5.74) is 1.06. The molecule has 1 fully saturated rings. The molecular weight excluding hydrogens is 240 g/mol. The third-order valence-electron chi connectivity index (χ3n) is 3.84. The first-order valence-electron chi connectivity index (χ1n) is 7.13. The Morgan fingerprint density at radius 2 is 1.95 bits per heavy atom. The van der Waals surface area contributed by atoms with Crippen LogP contribution in [0.2, 0.25) is 0 Å². The van der Waals surface area contributed by atoms with E-state index in [2.05, 4.69) is 17.1 Å². The molecule has 1 saturated heterocycles. The van der Waals surface area contributed by atoms with E-state index in [4.69, 9.17) is 0 Å². The Bertz CT molecular complexity index is 401. The molecule has 1 aromatic carbocycles. The van der Waals surface area contributed by atoms with Gasteiger partial charge in [-0.05, 0) is 62.6 Å². The van der Waals surface area contributed by atoms with Crippen molar-refractivity contribution in [3.63, 3.8) is 0 Å². The average Bonchev–Trinajstić information content (AvgIpc) is 2.42. The van der Waals surface area contributed by atoms with Gasteiger partial charge in [-0.25, -0.2) is 0 Å². The first-order valence-corrected chi connectivity index (χ1v) is 7.13. The predicted octanol–water partition coefficient (Wildman–Crippen LogP) is 1.92. The highest BCUT2D eigenvalue weighted by Gasteiger charge is 2.18. The van der Waals surface area contributed by atoms with Crippen molar-refractivity contribution in [2.75, 3.05) is 26.2 Å². The van der Waals surface area contributed by atoms with E-state index < -0.39 is 0 Å². The molecule has 1 aromatic rings. The second-order valence-corrected chi connectivity index (χ2v) is 5.35. The summed E-state index contributed by atoms with van der Waals surface area (Å²) < 4.78 is 0. The van der Waals surface area contributed by atoms with E-state index in [1.54, 1.807) is 12.1 Å². The van der Waals surface area contributed by atoms with Gasteiger partial charge in [-0.1, -0.05) is 13.0 Å². The normalized spacial score (nSPS) is 17.7. The van der Waals surface area contributed by atoms with Crippen molar-refractivity contribution in [2.45, 2.75) is 26.3 Å². The Hall–Kier alpha value is -1.26. The van der Waals surface area contributed by atoms with Gasteiger partial charge in [0, 0.05) is 6.54 Å². The molecule has 0 radical (unpaired) electrons. The molecule has 0 aliphatic carbocycles. The lowest BCUT2D eigenvalue weighted by atomic mass is 9.96. The van der Waals surface area contributed by atoms with Crippen LogP contribution < -0.4 is 5.32 Å². The van der Waals surface area contributed by atoms with Crippen LogP contribution in [0, 0.1) is 5.92 Å². The number of likely N-dealkylation sites (tertiary alicyclic amines) is 1. The number of nitrogens with zero attached hydrogens (tertiary/aromatic N) is 1. The maximum Gasteiger partial charge on any atom is 0.157 e. The third kappa shape index (κ3) is 4.11. The monoisotopic (exact) mass is 264 g/mol. The molecule has 0 aromatic heterocycles. The van der Waals surface area contributed by atoms with Gasteiger partial charge in [-0.15, -0.1) is 0 Å².